The highest BCUT2D eigenvalue weighted by molar-refractivity contribution is 9.09. The third kappa shape index (κ3) is 2.06. The van der Waals surface area contributed by atoms with Gasteiger partial charge in [-0.2, -0.15) is 0 Å². The van der Waals surface area contributed by atoms with Crippen molar-refractivity contribution in [3.63, 3.8) is 0 Å². The lowest BCUT2D eigenvalue weighted by Gasteiger charge is -2.40. The Morgan fingerprint density at radius 1 is 1.36 bits per heavy atom. The van der Waals surface area contributed by atoms with Crippen molar-refractivity contribution in [2.24, 2.45) is 5.41 Å². The molecule has 1 heterocycles. The van der Waals surface area contributed by atoms with E-state index in [2.05, 4.69) is 35.0 Å². The van der Waals surface area contributed by atoms with E-state index in [1.54, 1.807) is 4.88 Å². The Morgan fingerprint density at radius 3 is 2.50 bits per heavy atom. The van der Waals surface area contributed by atoms with Gasteiger partial charge in [0.05, 0.1) is 0 Å². The van der Waals surface area contributed by atoms with Gasteiger partial charge in [-0.3, -0.25) is 0 Å². The zero-order chi connectivity index (χ0) is 10.0. The largest absolute Gasteiger partial charge is 0.145 e. The second-order valence-electron chi connectivity index (χ2n) is 4.39. The summed E-state index contributed by atoms with van der Waals surface area (Å²) in [5.74, 6) is 0. The van der Waals surface area contributed by atoms with Crippen LogP contribution in [-0.4, -0.2) is 5.33 Å². The molecule has 1 aromatic rings. The molecular weight excluding hydrogens is 256 g/mol. The Balaban J connectivity index is 2.02. The van der Waals surface area contributed by atoms with E-state index < -0.39 is 0 Å². The van der Waals surface area contributed by atoms with Gasteiger partial charge in [-0.1, -0.05) is 29.3 Å². The summed E-state index contributed by atoms with van der Waals surface area (Å²) < 4.78 is 0. The Kier molecular flexibility index (Phi) is 3.33. The van der Waals surface area contributed by atoms with Gasteiger partial charge in [-0.25, -0.2) is 0 Å². The predicted octanol–water partition coefficient (Wildman–Crippen LogP) is 4.42. The molecule has 1 aromatic heterocycles. The molecule has 2 rings (SSSR count). The van der Waals surface area contributed by atoms with Crippen LogP contribution in [0.4, 0.5) is 0 Å². The summed E-state index contributed by atoms with van der Waals surface area (Å²) in [6.45, 7) is 2.24. The molecule has 0 unspecified atom stereocenters. The Morgan fingerprint density at radius 2 is 2.07 bits per heavy atom. The topological polar surface area (TPSA) is 0 Å². The summed E-state index contributed by atoms with van der Waals surface area (Å²) >= 11 is 5.67. The third-order valence-corrected chi connectivity index (χ3v) is 5.73. The van der Waals surface area contributed by atoms with Gasteiger partial charge in [0.15, 0.2) is 0 Å². The maximum Gasteiger partial charge on any atom is 0.00914 e. The average Bonchev–Trinajstić information content (AvgIpc) is 2.59. The molecule has 1 aliphatic rings. The minimum Gasteiger partial charge on any atom is -0.145 e. The quantitative estimate of drug-likeness (QED) is 0.712. The molecule has 0 aromatic carbocycles. The summed E-state index contributed by atoms with van der Waals surface area (Å²) in [5.41, 5.74) is 0.607. The SMILES string of the molecule is CCc1ccc(CC2(CBr)CCC2)s1. The van der Waals surface area contributed by atoms with Gasteiger partial charge in [-0.05, 0) is 43.2 Å². The van der Waals surface area contributed by atoms with Crippen molar-refractivity contribution in [1.82, 2.24) is 0 Å². The molecule has 14 heavy (non-hydrogen) atoms. The van der Waals surface area contributed by atoms with Gasteiger partial charge in [0.25, 0.3) is 0 Å². The van der Waals surface area contributed by atoms with E-state index in [9.17, 15) is 0 Å². The lowest BCUT2D eigenvalue weighted by atomic mass is 9.68. The van der Waals surface area contributed by atoms with Crippen LogP contribution in [0.5, 0.6) is 0 Å². The Bertz CT molecular complexity index is 294. The van der Waals surface area contributed by atoms with Gasteiger partial charge in [0.2, 0.25) is 0 Å². The summed E-state index contributed by atoms with van der Waals surface area (Å²) in [7, 11) is 0. The first-order valence-electron chi connectivity index (χ1n) is 5.41. The van der Waals surface area contributed by atoms with Crippen LogP contribution in [0, 0.1) is 5.41 Å². The first kappa shape index (κ1) is 10.7. The monoisotopic (exact) mass is 272 g/mol. The highest BCUT2D eigenvalue weighted by Crippen LogP contribution is 2.45. The minimum atomic E-state index is 0.607. The van der Waals surface area contributed by atoms with E-state index in [1.165, 1.54) is 42.3 Å². The number of alkyl halides is 1. The van der Waals surface area contributed by atoms with Gasteiger partial charge in [0, 0.05) is 15.1 Å². The molecule has 0 aliphatic heterocycles. The van der Waals surface area contributed by atoms with Crippen LogP contribution in [-0.2, 0) is 12.8 Å². The zero-order valence-electron chi connectivity index (χ0n) is 8.68. The number of halogens is 1. The smallest absolute Gasteiger partial charge is 0.00914 e. The molecule has 0 amide bonds. The average molecular weight is 273 g/mol. The van der Waals surface area contributed by atoms with Crippen molar-refractivity contribution in [3.8, 4) is 0 Å². The fourth-order valence-electron chi connectivity index (χ4n) is 2.11. The fraction of sp³-hybridized carbons (Fsp3) is 0.667. The van der Waals surface area contributed by atoms with Crippen molar-refractivity contribution in [3.05, 3.63) is 21.9 Å². The molecule has 1 fully saturated rings. The molecule has 0 radical (unpaired) electrons. The number of hydrogen-bond acceptors (Lipinski definition) is 1. The van der Waals surface area contributed by atoms with Gasteiger partial charge >= 0.3 is 0 Å². The van der Waals surface area contributed by atoms with E-state index in [4.69, 9.17) is 0 Å². The Hall–Kier alpha value is 0.180. The van der Waals surface area contributed by atoms with E-state index >= 15 is 0 Å². The fourth-order valence-corrected chi connectivity index (χ4v) is 4.00. The Labute approximate surface area is 98.9 Å². The van der Waals surface area contributed by atoms with E-state index in [0.29, 0.717) is 5.41 Å². The van der Waals surface area contributed by atoms with Crippen molar-refractivity contribution in [1.29, 1.82) is 0 Å². The maximum atomic E-state index is 3.67. The zero-order valence-corrected chi connectivity index (χ0v) is 11.1. The van der Waals surface area contributed by atoms with Crippen molar-refractivity contribution in [2.45, 2.75) is 39.0 Å². The summed E-state index contributed by atoms with van der Waals surface area (Å²) in [6, 6.07) is 4.62. The minimum absolute atomic E-state index is 0.607. The molecule has 78 valence electrons. The van der Waals surface area contributed by atoms with Crippen LogP contribution in [0.25, 0.3) is 0 Å². The highest BCUT2D eigenvalue weighted by atomic mass is 79.9. The molecule has 1 aliphatic carbocycles. The van der Waals surface area contributed by atoms with E-state index in [0.717, 1.165) is 0 Å². The van der Waals surface area contributed by atoms with Crippen molar-refractivity contribution >= 4 is 27.3 Å². The molecule has 0 spiro atoms. The number of hydrogen-bond donors (Lipinski definition) is 0. The predicted molar refractivity (Wildman–Crippen MR) is 67.5 cm³/mol. The lowest BCUT2D eigenvalue weighted by molar-refractivity contribution is 0.171. The molecule has 2 heteroatoms. The van der Waals surface area contributed by atoms with Gasteiger partial charge < -0.3 is 0 Å². The van der Waals surface area contributed by atoms with Crippen LogP contribution in [0.15, 0.2) is 12.1 Å². The maximum absolute atomic E-state index is 3.67. The van der Waals surface area contributed by atoms with Crippen LogP contribution >= 0.6 is 27.3 Å². The number of aryl methyl sites for hydroxylation is 1. The number of thiophene rings is 1. The van der Waals surface area contributed by atoms with E-state index in [1.807, 2.05) is 11.3 Å². The van der Waals surface area contributed by atoms with Gasteiger partial charge in [-0.15, -0.1) is 11.3 Å². The highest BCUT2D eigenvalue weighted by Gasteiger charge is 2.36. The molecule has 1 saturated carbocycles. The van der Waals surface area contributed by atoms with Crippen LogP contribution in [0.3, 0.4) is 0 Å². The van der Waals surface area contributed by atoms with Crippen molar-refractivity contribution in [2.75, 3.05) is 5.33 Å². The third-order valence-electron chi connectivity index (χ3n) is 3.31. The van der Waals surface area contributed by atoms with Gasteiger partial charge in [0.1, 0.15) is 0 Å². The van der Waals surface area contributed by atoms with Crippen LogP contribution < -0.4 is 0 Å². The summed E-state index contributed by atoms with van der Waals surface area (Å²) in [4.78, 5) is 3.12. The standard InChI is InChI=1S/C12H17BrS/c1-2-10-4-5-11(14-10)8-12(9-13)6-3-7-12/h4-5H,2-3,6-9H2,1H3. The second kappa shape index (κ2) is 4.36. The first-order chi connectivity index (χ1) is 6.78. The second-order valence-corrected chi connectivity index (χ2v) is 6.20. The normalized spacial score (nSPS) is 19.3. The lowest BCUT2D eigenvalue weighted by Crippen LogP contribution is -2.33. The molecular formula is C12H17BrS. The first-order valence-corrected chi connectivity index (χ1v) is 7.35. The van der Waals surface area contributed by atoms with Crippen molar-refractivity contribution < 1.29 is 0 Å². The molecule has 0 N–H and O–H groups in total. The molecule has 0 nitrogen and oxygen atoms in total. The van der Waals surface area contributed by atoms with E-state index in [-0.39, 0.29) is 0 Å². The summed E-state index contributed by atoms with van der Waals surface area (Å²) in [6.07, 6.45) is 6.74. The summed E-state index contributed by atoms with van der Waals surface area (Å²) in [5, 5.41) is 1.18. The number of rotatable bonds is 4. The van der Waals surface area contributed by atoms with Crippen LogP contribution in [0.1, 0.15) is 35.9 Å². The van der Waals surface area contributed by atoms with Crippen LogP contribution in [0.2, 0.25) is 0 Å². The molecule has 0 bridgehead atoms. The molecule has 0 saturated heterocycles. The molecule has 0 atom stereocenters.